The molecule has 4 nitrogen and oxygen atoms in total. The number of amides is 1. The number of carbonyl (C=O) groups excluding carboxylic acids is 2. The zero-order valence-corrected chi connectivity index (χ0v) is 17.3. The number of nitrogens with one attached hydrogen (secondary N) is 1. The van der Waals surface area contributed by atoms with Crippen LogP contribution < -0.4 is 5.32 Å². The van der Waals surface area contributed by atoms with Crippen LogP contribution >= 0.6 is 0 Å². The number of hydrogen-bond donors (Lipinski definition) is 2. The molecule has 29 heavy (non-hydrogen) atoms. The summed E-state index contributed by atoms with van der Waals surface area (Å²) >= 11 is 0. The number of carbonyl (C=O) groups is 2. The van der Waals surface area contributed by atoms with E-state index in [4.69, 9.17) is 0 Å². The highest BCUT2D eigenvalue weighted by atomic mass is 16.3. The Kier molecular flexibility index (Phi) is 10.1. The lowest BCUT2D eigenvalue weighted by Crippen LogP contribution is -2.21. The van der Waals surface area contributed by atoms with Gasteiger partial charge in [-0.15, -0.1) is 0 Å². The molecule has 1 amide bonds. The van der Waals surface area contributed by atoms with Crippen LogP contribution in [0.4, 0.5) is 0 Å². The second-order valence-electron chi connectivity index (χ2n) is 7.47. The van der Waals surface area contributed by atoms with Gasteiger partial charge in [0, 0.05) is 24.8 Å². The predicted octanol–water partition coefficient (Wildman–Crippen LogP) is 4.16. The summed E-state index contributed by atoms with van der Waals surface area (Å²) in [6.45, 7) is 2.58. The van der Waals surface area contributed by atoms with Crippen LogP contribution in [0.5, 0.6) is 0 Å². The summed E-state index contributed by atoms with van der Waals surface area (Å²) in [5, 5.41) is 13.0. The first-order valence-electron chi connectivity index (χ1n) is 10.6. The molecule has 0 fully saturated rings. The van der Waals surface area contributed by atoms with Gasteiger partial charge in [0.25, 0.3) is 0 Å². The summed E-state index contributed by atoms with van der Waals surface area (Å²) in [5.74, 6) is 0.179. The standard InChI is InChI=1S/C25H33NO3/c1-2-26-25(29)13-9-4-3-8-12-23-21(16-19-24(23)28)15-18-22(27)17-14-20-10-6-5-7-11-20/h3,5-8,10-11,15-16,18-19,21-23,27H,2,4,9,12-14,17H2,1H3,(H,26,29)/t21-,22-,23+/m0/s1. The van der Waals surface area contributed by atoms with Crippen LogP contribution in [-0.4, -0.2) is 29.4 Å². The number of aryl methyl sites for hydroxylation is 1. The van der Waals surface area contributed by atoms with Crippen molar-refractivity contribution in [2.75, 3.05) is 6.54 Å². The van der Waals surface area contributed by atoms with E-state index in [1.165, 1.54) is 5.56 Å². The zero-order valence-electron chi connectivity index (χ0n) is 17.3. The molecule has 0 unspecified atom stereocenters. The summed E-state index contributed by atoms with van der Waals surface area (Å²) in [5.41, 5.74) is 1.21. The molecule has 2 rings (SSSR count). The molecule has 0 heterocycles. The molecule has 1 aromatic carbocycles. The molecular weight excluding hydrogens is 362 g/mol. The summed E-state index contributed by atoms with van der Waals surface area (Å²) in [4.78, 5) is 23.6. The Balaban J connectivity index is 1.72. The van der Waals surface area contributed by atoms with E-state index < -0.39 is 6.10 Å². The Labute approximate surface area is 174 Å². The Morgan fingerprint density at radius 3 is 2.79 bits per heavy atom. The molecule has 0 bridgehead atoms. The molecule has 4 heteroatoms. The van der Waals surface area contributed by atoms with Gasteiger partial charge < -0.3 is 10.4 Å². The largest absolute Gasteiger partial charge is 0.389 e. The van der Waals surface area contributed by atoms with Crippen molar-refractivity contribution in [2.24, 2.45) is 11.8 Å². The molecule has 1 aliphatic rings. The van der Waals surface area contributed by atoms with Gasteiger partial charge in [-0.05, 0) is 50.7 Å². The van der Waals surface area contributed by atoms with Gasteiger partial charge in [-0.3, -0.25) is 9.59 Å². The molecule has 1 aromatic rings. The molecule has 156 valence electrons. The van der Waals surface area contributed by atoms with Crippen molar-refractivity contribution in [2.45, 2.75) is 51.6 Å². The van der Waals surface area contributed by atoms with Crippen molar-refractivity contribution >= 4 is 11.7 Å². The molecule has 3 atom stereocenters. The van der Waals surface area contributed by atoms with Crippen molar-refractivity contribution in [3.63, 3.8) is 0 Å². The Morgan fingerprint density at radius 1 is 1.24 bits per heavy atom. The van der Waals surface area contributed by atoms with Crippen LogP contribution in [-0.2, 0) is 16.0 Å². The van der Waals surface area contributed by atoms with Crippen molar-refractivity contribution in [3.05, 3.63) is 72.4 Å². The Bertz CT molecular complexity index is 721. The third-order valence-corrected chi connectivity index (χ3v) is 5.15. The molecule has 0 spiro atoms. The number of hydrogen-bond acceptors (Lipinski definition) is 3. The van der Waals surface area contributed by atoms with Gasteiger partial charge in [-0.25, -0.2) is 0 Å². The number of aliphatic hydroxyl groups is 1. The first-order valence-corrected chi connectivity index (χ1v) is 10.6. The highest BCUT2D eigenvalue weighted by Crippen LogP contribution is 2.27. The van der Waals surface area contributed by atoms with Crippen LogP contribution in [0.25, 0.3) is 0 Å². The van der Waals surface area contributed by atoms with Crippen LogP contribution in [0.2, 0.25) is 0 Å². The van der Waals surface area contributed by atoms with Crippen LogP contribution in [0, 0.1) is 11.8 Å². The van der Waals surface area contributed by atoms with Crippen molar-refractivity contribution in [1.29, 1.82) is 0 Å². The minimum Gasteiger partial charge on any atom is -0.389 e. The van der Waals surface area contributed by atoms with Crippen LogP contribution in [0.1, 0.15) is 44.6 Å². The lowest BCUT2D eigenvalue weighted by molar-refractivity contribution is -0.121. The Hall–Kier alpha value is -2.46. The van der Waals surface area contributed by atoms with E-state index in [1.54, 1.807) is 6.08 Å². The fraction of sp³-hybridized carbons (Fsp3) is 0.440. The molecule has 0 aliphatic heterocycles. The number of rotatable bonds is 12. The van der Waals surface area contributed by atoms with Crippen LogP contribution in [0.15, 0.2) is 66.8 Å². The van der Waals surface area contributed by atoms with Gasteiger partial charge in [0.05, 0.1) is 6.10 Å². The number of unbranched alkanes of at least 4 members (excludes halogenated alkanes) is 1. The van der Waals surface area contributed by atoms with Crippen molar-refractivity contribution in [3.8, 4) is 0 Å². The monoisotopic (exact) mass is 395 g/mol. The second-order valence-corrected chi connectivity index (χ2v) is 7.47. The normalized spacial score (nSPS) is 20.0. The maximum atomic E-state index is 12.2. The molecular formula is C25H33NO3. The maximum Gasteiger partial charge on any atom is 0.219 e. The van der Waals surface area contributed by atoms with E-state index in [0.717, 1.165) is 19.3 Å². The van der Waals surface area contributed by atoms with Gasteiger partial charge in [0.15, 0.2) is 5.78 Å². The van der Waals surface area contributed by atoms with Gasteiger partial charge in [0.2, 0.25) is 5.91 Å². The van der Waals surface area contributed by atoms with E-state index in [9.17, 15) is 14.7 Å². The quantitative estimate of drug-likeness (QED) is 0.412. The molecule has 0 saturated carbocycles. The number of aliphatic hydroxyl groups excluding tert-OH is 1. The molecule has 0 aromatic heterocycles. The first kappa shape index (κ1) is 22.8. The van der Waals surface area contributed by atoms with Gasteiger partial charge in [-0.1, -0.05) is 60.7 Å². The van der Waals surface area contributed by atoms with Crippen LogP contribution in [0.3, 0.4) is 0 Å². The third kappa shape index (κ3) is 8.61. The van der Waals surface area contributed by atoms with Gasteiger partial charge in [0.1, 0.15) is 0 Å². The molecule has 2 N–H and O–H groups in total. The fourth-order valence-corrected chi connectivity index (χ4v) is 3.46. The lowest BCUT2D eigenvalue weighted by atomic mass is 9.90. The average molecular weight is 396 g/mol. The lowest BCUT2D eigenvalue weighted by Gasteiger charge is -2.13. The third-order valence-electron chi connectivity index (χ3n) is 5.15. The van der Waals surface area contributed by atoms with Crippen molar-refractivity contribution in [1.82, 2.24) is 5.32 Å². The number of allylic oxidation sites excluding steroid dienone is 5. The average Bonchev–Trinajstić information content (AvgIpc) is 3.08. The zero-order chi connectivity index (χ0) is 20.9. The van der Waals surface area contributed by atoms with E-state index in [1.807, 2.05) is 49.4 Å². The summed E-state index contributed by atoms with van der Waals surface area (Å²) < 4.78 is 0. The smallest absolute Gasteiger partial charge is 0.219 e. The Morgan fingerprint density at radius 2 is 2.03 bits per heavy atom. The predicted molar refractivity (Wildman–Crippen MR) is 117 cm³/mol. The van der Waals surface area contributed by atoms with E-state index in [2.05, 4.69) is 23.5 Å². The van der Waals surface area contributed by atoms with Crippen molar-refractivity contribution < 1.29 is 14.7 Å². The number of benzene rings is 1. The van der Waals surface area contributed by atoms with E-state index in [0.29, 0.717) is 25.8 Å². The maximum absolute atomic E-state index is 12.2. The highest BCUT2D eigenvalue weighted by molar-refractivity contribution is 5.95. The van der Waals surface area contributed by atoms with E-state index in [-0.39, 0.29) is 23.5 Å². The highest BCUT2D eigenvalue weighted by Gasteiger charge is 2.27. The summed E-state index contributed by atoms with van der Waals surface area (Å²) in [6.07, 6.45) is 15.3. The minimum absolute atomic E-state index is 0.0360. The minimum atomic E-state index is -0.509. The van der Waals surface area contributed by atoms with E-state index >= 15 is 0 Å². The topological polar surface area (TPSA) is 66.4 Å². The second kappa shape index (κ2) is 12.9. The van der Waals surface area contributed by atoms with Gasteiger partial charge in [-0.2, -0.15) is 0 Å². The number of ketones is 1. The fourth-order valence-electron chi connectivity index (χ4n) is 3.46. The summed E-state index contributed by atoms with van der Waals surface area (Å²) in [6, 6.07) is 10.1. The van der Waals surface area contributed by atoms with Gasteiger partial charge >= 0.3 is 0 Å². The molecule has 1 aliphatic carbocycles. The summed E-state index contributed by atoms with van der Waals surface area (Å²) in [7, 11) is 0. The first-order chi connectivity index (χ1) is 14.1. The SMILES string of the molecule is CCNC(=O)CCCC=CC[C@H]1C(=O)C=C[C@@H]1C=C[C@@H](O)CCc1ccccc1. The molecule has 0 saturated heterocycles. The molecule has 0 radical (unpaired) electrons.